The average Bonchev–Trinajstić information content (AvgIpc) is 3.42. The third kappa shape index (κ3) is 2.83. The number of nitrogens with one attached hydrogen (secondary N) is 2. The van der Waals surface area contributed by atoms with Crippen molar-refractivity contribution in [3.63, 3.8) is 0 Å². The molecule has 2 saturated heterocycles. The van der Waals surface area contributed by atoms with Crippen LogP contribution in [0.4, 0.5) is 5.69 Å². The van der Waals surface area contributed by atoms with Gasteiger partial charge in [0.1, 0.15) is 5.65 Å². The van der Waals surface area contributed by atoms with Crippen molar-refractivity contribution in [1.29, 1.82) is 0 Å². The lowest BCUT2D eigenvalue weighted by Gasteiger charge is -2.44. The summed E-state index contributed by atoms with van der Waals surface area (Å²) in [6.07, 6.45) is 9.72. The van der Waals surface area contributed by atoms with Crippen LogP contribution in [0.5, 0.6) is 0 Å². The number of H-pyrrole nitrogens is 1. The Morgan fingerprint density at radius 3 is 2.81 bits per heavy atom. The maximum absolute atomic E-state index is 12.6. The summed E-state index contributed by atoms with van der Waals surface area (Å²) in [6.45, 7) is 2.57. The number of carbonyl (C=O) groups is 1. The van der Waals surface area contributed by atoms with Crippen molar-refractivity contribution in [1.82, 2.24) is 25.1 Å². The van der Waals surface area contributed by atoms with E-state index in [0.29, 0.717) is 0 Å². The summed E-state index contributed by atoms with van der Waals surface area (Å²) in [5.41, 5.74) is 5.30. The number of anilines is 1. The van der Waals surface area contributed by atoms with Gasteiger partial charge in [-0.2, -0.15) is 5.10 Å². The van der Waals surface area contributed by atoms with Gasteiger partial charge in [0.25, 0.3) is 0 Å². The number of pyridine rings is 1. The Bertz CT molecular complexity index is 1290. The van der Waals surface area contributed by atoms with Crippen LogP contribution in [-0.2, 0) is 11.8 Å². The molecule has 0 unspecified atom stereocenters. The number of nitrogens with zero attached hydrogens (tertiary/aromatic N) is 4. The third-order valence-electron chi connectivity index (χ3n) is 7.25. The van der Waals surface area contributed by atoms with Crippen LogP contribution >= 0.6 is 0 Å². The lowest BCUT2D eigenvalue weighted by molar-refractivity contribution is -0.134. The summed E-state index contributed by atoms with van der Waals surface area (Å²) in [6, 6.07) is 8.59. The molecule has 0 atom stereocenters. The van der Waals surface area contributed by atoms with Crippen molar-refractivity contribution in [2.24, 2.45) is 12.5 Å². The van der Waals surface area contributed by atoms with Crippen molar-refractivity contribution in [3.8, 4) is 11.1 Å². The van der Waals surface area contributed by atoms with Gasteiger partial charge in [0.15, 0.2) is 0 Å². The number of piperidine rings is 2. The van der Waals surface area contributed by atoms with Crippen LogP contribution in [0.1, 0.15) is 25.7 Å². The molecule has 158 valence electrons. The minimum absolute atomic E-state index is 0.187. The minimum atomic E-state index is -0.187. The van der Waals surface area contributed by atoms with E-state index < -0.39 is 0 Å². The van der Waals surface area contributed by atoms with Gasteiger partial charge in [-0.15, -0.1) is 0 Å². The molecule has 3 aromatic heterocycles. The first-order chi connectivity index (χ1) is 15.1. The number of aromatic amines is 1. The number of carbonyl (C=O) groups excluding carboxylic acids is 1. The van der Waals surface area contributed by atoms with E-state index in [-0.39, 0.29) is 11.3 Å². The largest absolute Gasteiger partial charge is 0.370 e. The second-order valence-corrected chi connectivity index (χ2v) is 8.93. The molecule has 6 rings (SSSR count). The monoisotopic (exact) mass is 414 g/mol. The summed E-state index contributed by atoms with van der Waals surface area (Å²) in [5, 5.41) is 9.74. The molecule has 2 fully saturated rings. The zero-order chi connectivity index (χ0) is 21.0. The SMILES string of the molecule is Cn1ncc2cc(-c3cnc4[nH]ccc4c3N3CCC4(CCCNC4=O)CC3)ccc21. The van der Waals surface area contributed by atoms with Crippen molar-refractivity contribution in [2.45, 2.75) is 25.7 Å². The van der Waals surface area contributed by atoms with E-state index in [0.717, 1.165) is 78.4 Å². The van der Waals surface area contributed by atoms with Gasteiger partial charge in [0, 0.05) is 55.4 Å². The molecule has 7 heteroatoms. The Balaban J connectivity index is 1.42. The molecule has 7 nitrogen and oxygen atoms in total. The maximum atomic E-state index is 12.6. The van der Waals surface area contributed by atoms with E-state index in [1.54, 1.807) is 0 Å². The van der Waals surface area contributed by atoms with Crippen molar-refractivity contribution in [3.05, 3.63) is 42.9 Å². The van der Waals surface area contributed by atoms with E-state index >= 15 is 0 Å². The highest BCUT2D eigenvalue weighted by molar-refractivity contribution is 6.00. The maximum Gasteiger partial charge on any atom is 0.226 e. The van der Waals surface area contributed by atoms with Gasteiger partial charge in [-0.25, -0.2) is 4.98 Å². The van der Waals surface area contributed by atoms with Crippen LogP contribution in [0.25, 0.3) is 33.1 Å². The van der Waals surface area contributed by atoms with Crippen molar-refractivity contribution in [2.75, 3.05) is 24.5 Å². The molecule has 5 heterocycles. The highest BCUT2D eigenvalue weighted by Crippen LogP contribution is 2.43. The molecule has 2 aliphatic rings. The predicted octanol–water partition coefficient (Wildman–Crippen LogP) is 3.61. The van der Waals surface area contributed by atoms with E-state index in [1.807, 2.05) is 30.3 Å². The van der Waals surface area contributed by atoms with Gasteiger partial charge in [0.2, 0.25) is 5.91 Å². The molecule has 1 spiro atoms. The van der Waals surface area contributed by atoms with Gasteiger partial charge in [-0.05, 0) is 49.4 Å². The number of aromatic nitrogens is 4. The second-order valence-electron chi connectivity index (χ2n) is 8.93. The van der Waals surface area contributed by atoms with Gasteiger partial charge in [-0.1, -0.05) is 6.07 Å². The normalized spacial score (nSPS) is 18.7. The predicted molar refractivity (Wildman–Crippen MR) is 122 cm³/mol. The van der Waals surface area contributed by atoms with Crippen LogP contribution < -0.4 is 10.2 Å². The zero-order valence-electron chi connectivity index (χ0n) is 17.7. The lowest BCUT2D eigenvalue weighted by atomic mass is 9.72. The number of fused-ring (bicyclic) bond motifs is 2. The summed E-state index contributed by atoms with van der Waals surface area (Å²) >= 11 is 0. The molecule has 1 aromatic carbocycles. The van der Waals surface area contributed by atoms with Gasteiger partial charge >= 0.3 is 0 Å². The fourth-order valence-electron chi connectivity index (χ4n) is 5.44. The quantitative estimate of drug-likeness (QED) is 0.525. The Kier molecular flexibility index (Phi) is 4.06. The first-order valence-electron chi connectivity index (χ1n) is 11.1. The molecule has 0 saturated carbocycles. The van der Waals surface area contributed by atoms with E-state index in [9.17, 15) is 4.79 Å². The first-order valence-corrected chi connectivity index (χ1v) is 11.1. The van der Waals surface area contributed by atoms with Crippen LogP contribution in [0, 0.1) is 5.41 Å². The molecule has 0 bridgehead atoms. The zero-order valence-corrected chi connectivity index (χ0v) is 17.7. The second kappa shape index (κ2) is 6.83. The fourth-order valence-corrected chi connectivity index (χ4v) is 5.44. The standard InChI is InChI=1S/C24H26N6O/c1-29-20-4-3-16(13-17(20)14-28-29)19-15-27-22-18(5-10-25-22)21(19)30-11-7-24(8-12-30)6-2-9-26-23(24)31/h3-5,10,13-15H,2,6-9,11-12H2,1H3,(H,25,27)(H,26,31). The van der Waals surface area contributed by atoms with Crippen molar-refractivity contribution < 1.29 is 4.79 Å². The lowest BCUT2D eigenvalue weighted by Crippen LogP contribution is -2.52. The Morgan fingerprint density at radius 2 is 1.97 bits per heavy atom. The van der Waals surface area contributed by atoms with Gasteiger partial charge in [-0.3, -0.25) is 9.48 Å². The van der Waals surface area contributed by atoms with E-state index in [4.69, 9.17) is 0 Å². The molecule has 4 aromatic rings. The molecule has 0 aliphatic carbocycles. The number of benzene rings is 1. The molecule has 1 amide bonds. The fraction of sp³-hybridized carbons (Fsp3) is 0.375. The Morgan fingerprint density at radius 1 is 1.10 bits per heavy atom. The molecule has 31 heavy (non-hydrogen) atoms. The van der Waals surface area contributed by atoms with Crippen LogP contribution in [0.15, 0.2) is 42.9 Å². The summed E-state index contributed by atoms with van der Waals surface area (Å²) in [7, 11) is 1.96. The molecule has 0 radical (unpaired) electrons. The topological polar surface area (TPSA) is 78.8 Å². The number of hydrogen-bond donors (Lipinski definition) is 2. The number of aryl methyl sites for hydroxylation is 1. The van der Waals surface area contributed by atoms with Crippen LogP contribution in [0.3, 0.4) is 0 Å². The Hall–Kier alpha value is -3.35. The summed E-state index contributed by atoms with van der Waals surface area (Å²) < 4.78 is 1.90. The third-order valence-corrected chi connectivity index (χ3v) is 7.25. The van der Waals surface area contributed by atoms with Crippen LogP contribution in [0.2, 0.25) is 0 Å². The molecule has 2 N–H and O–H groups in total. The van der Waals surface area contributed by atoms with E-state index in [2.05, 4.69) is 49.5 Å². The molecular weight excluding hydrogens is 388 g/mol. The highest BCUT2D eigenvalue weighted by Gasteiger charge is 2.43. The molecule has 2 aliphatic heterocycles. The highest BCUT2D eigenvalue weighted by atomic mass is 16.2. The number of rotatable bonds is 2. The average molecular weight is 415 g/mol. The van der Waals surface area contributed by atoms with Gasteiger partial charge in [0.05, 0.1) is 22.8 Å². The van der Waals surface area contributed by atoms with Crippen LogP contribution in [-0.4, -0.2) is 45.3 Å². The summed E-state index contributed by atoms with van der Waals surface area (Å²) in [5.74, 6) is 0.252. The Labute approximate surface area is 180 Å². The smallest absolute Gasteiger partial charge is 0.226 e. The van der Waals surface area contributed by atoms with Gasteiger partial charge < -0.3 is 15.2 Å². The number of hydrogen-bond acceptors (Lipinski definition) is 4. The van der Waals surface area contributed by atoms with Crippen molar-refractivity contribution >= 4 is 33.5 Å². The summed E-state index contributed by atoms with van der Waals surface area (Å²) in [4.78, 5) is 23.0. The van der Waals surface area contributed by atoms with E-state index in [1.165, 1.54) is 5.69 Å². The number of amides is 1. The first kappa shape index (κ1) is 18.4. The molecular formula is C24H26N6O. The minimum Gasteiger partial charge on any atom is -0.370 e.